The molecule has 15 heavy (non-hydrogen) atoms. The Morgan fingerprint density at radius 2 is 2.27 bits per heavy atom. The van der Waals surface area contributed by atoms with Crippen LogP contribution in [-0.4, -0.2) is 19.7 Å². The summed E-state index contributed by atoms with van der Waals surface area (Å²) in [5.41, 5.74) is 1.04. The summed E-state index contributed by atoms with van der Waals surface area (Å²) in [6.07, 6.45) is 1.02. The number of ether oxygens (including phenoxy) is 1. The molecule has 1 saturated heterocycles. The molecule has 80 valence electrons. The molecule has 2 atom stereocenters. The van der Waals surface area contributed by atoms with Crippen molar-refractivity contribution in [3.63, 3.8) is 0 Å². The summed E-state index contributed by atoms with van der Waals surface area (Å²) in [6, 6.07) is 5.24. The molecule has 2 nitrogen and oxygen atoms in total. The molecule has 1 aromatic rings. The van der Waals surface area contributed by atoms with E-state index in [2.05, 4.69) is 5.32 Å². The lowest BCUT2D eigenvalue weighted by molar-refractivity contribution is 0.284. The fraction of sp³-hybridized carbons (Fsp3) is 0.500. The smallest absolute Gasteiger partial charge is 0.165 e. The molecule has 3 heteroatoms. The maximum Gasteiger partial charge on any atom is 0.165 e. The lowest BCUT2D eigenvalue weighted by Crippen LogP contribution is -2.11. The van der Waals surface area contributed by atoms with Gasteiger partial charge in [0.25, 0.3) is 0 Å². The Morgan fingerprint density at radius 1 is 1.33 bits per heavy atom. The zero-order valence-electron chi connectivity index (χ0n) is 8.50. The highest BCUT2D eigenvalue weighted by Gasteiger charge is 2.33. The highest BCUT2D eigenvalue weighted by atomic mass is 19.1. The molecule has 2 aliphatic heterocycles. The van der Waals surface area contributed by atoms with Gasteiger partial charge in [0.1, 0.15) is 0 Å². The van der Waals surface area contributed by atoms with Crippen molar-refractivity contribution < 1.29 is 9.13 Å². The highest BCUT2D eigenvalue weighted by Crippen LogP contribution is 2.39. The number of hydrogen-bond acceptors (Lipinski definition) is 2. The third kappa shape index (κ3) is 1.42. The molecule has 0 spiro atoms. The second-order valence-electron chi connectivity index (χ2n) is 4.32. The maximum atomic E-state index is 13.6. The van der Waals surface area contributed by atoms with E-state index >= 15 is 0 Å². The Morgan fingerprint density at radius 3 is 3.20 bits per heavy atom. The molecule has 0 amide bonds. The van der Waals surface area contributed by atoms with E-state index in [0.29, 0.717) is 24.2 Å². The van der Waals surface area contributed by atoms with Gasteiger partial charge >= 0.3 is 0 Å². The molecule has 1 N–H and O–H groups in total. The van der Waals surface area contributed by atoms with Gasteiger partial charge in [-0.2, -0.15) is 0 Å². The summed E-state index contributed by atoms with van der Waals surface area (Å²) in [5, 5.41) is 3.37. The molecule has 0 bridgehead atoms. The number of halogens is 1. The number of hydrogen-bond donors (Lipinski definition) is 1. The number of rotatable bonds is 0. The van der Waals surface area contributed by atoms with Crippen LogP contribution >= 0.6 is 0 Å². The van der Waals surface area contributed by atoms with Gasteiger partial charge in [-0.05, 0) is 24.9 Å². The monoisotopic (exact) mass is 207 g/mol. The Balaban J connectivity index is 2.09. The normalized spacial score (nSPS) is 28.9. The first-order chi connectivity index (χ1) is 7.36. The molecule has 3 rings (SSSR count). The first kappa shape index (κ1) is 9.16. The summed E-state index contributed by atoms with van der Waals surface area (Å²) in [5.74, 6) is 1.29. The topological polar surface area (TPSA) is 21.3 Å². The van der Waals surface area contributed by atoms with Crippen LogP contribution in [0.3, 0.4) is 0 Å². The molecule has 2 heterocycles. The van der Waals surface area contributed by atoms with Crippen molar-refractivity contribution in [3.8, 4) is 5.75 Å². The van der Waals surface area contributed by atoms with Gasteiger partial charge in [0.05, 0.1) is 6.61 Å². The van der Waals surface area contributed by atoms with E-state index in [-0.39, 0.29) is 5.82 Å². The summed E-state index contributed by atoms with van der Waals surface area (Å²) in [6.45, 7) is 2.62. The van der Waals surface area contributed by atoms with Gasteiger partial charge in [-0.1, -0.05) is 12.1 Å². The van der Waals surface area contributed by atoms with Gasteiger partial charge in [0.15, 0.2) is 11.6 Å². The van der Waals surface area contributed by atoms with Crippen molar-refractivity contribution in [2.75, 3.05) is 19.7 Å². The van der Waals surface area contributed by atoms with Crippen molar-refractivity contribution in [3.05, 3.63) is 29.6 Å². The zero-order valence-corrected chi connectivity index (χ0v) is 8.50. The summed E-state index contributed by atoms with van der Waals surface area (Å²) in [4.78, 5) is 0. The van der Waals surface area contributed by atoms with Gasteiger partial charge in [-0.25, -0.2) is 4.39 Å². The summed E-state index contributed by atoms with van der Waals surface area (Å²) < 4.78 is 19.1. The van der Waals surface area contributed by atoms with Crippen LogP contribution in [0.5, 0.6) is 5.75 Å². The van der Waals surface area contributed by atoms with E-state index < -0.39 is 0 Å². The first-order valence-corrected chi connectivity index (χ1v) is 5.48. The van der Waals surface area contributed by atoms with Gasteiger partial charge in [-0.3, -0.25) is 0 Å². The predicted molar refractivity (Wildman–Crippen MR) is 55.6 cm³/mol. The minimum absolute atomic E-state index is 0.222. The third-order valence-corrected chi connectivity index (χ3v) is 3.47. The standard InChI is InChI=1S/C12H14FNO/c13-11-3-1-2-9-10-7-14-6-8(10)4-5-15-12(9)11/h1-3,8,10,14H,4-7H2/t8-,10-/m0/s1. The van der Waals surface area contributed by atoms with E-state index in [1.54, 1.807) is 6.07 Å². The molecule has 1 aromatic carbocycles. The molecule has 0 aromatic heterocycles. The number of nitrogens with one attached hydrogen (secondary N) is 1. The SMILES string of the molecule is Fc1cccc2c1OCC[C@H]1CNC[C@H]21. The molecular weight excluding hydrogens is 193 g/mol. The van der Waals surface area contributed by atoms with E-state index in [0.717, 1.165) is 25.1 Å². The minimum atomic E-state index is -0.222. The molecule has 0 aliphatic carbocycles. The minimum Gasteiger partial charge on any atom is -0.490 e. The molecular formula is C12H14FNO. The van der Waals surface area contributed by atoms with Crippen molar-refractivity contribution in [2.24, 2.45) is 5.92 Å². The predicted octanol–water partition coefficient (Wildman–Crippen LogP) is 1.91. The maximum absolute atomic E-state index is 13.6. The van der Waals surface area contributed by atoms with Crippen molar-refractivity contribution in [2.45, 2.75) is 12.3 Å². The quantitative estimate of drug-likeness (QED) is 0.701. The van der Waals surface area contributed by atoms with Crippen LogP contribution in [0.1, 0.15) is 17.9 Å². The van der Waals surface area contributed by atoms with Crippen LogP contribution in [0.4, 0.5) is 4.39 Å². The first-order valence-electron chi connectivity index (χ1n) is 5.48. The van der Waals surface area contributed by atoms with Crippen LogP contribution < -0.4 is 10.1 Å². The molecule has 1 fully saturated rings. The summed E-state index contributed by atoms with van der Waals surface area (Å²) in [7, 11) is 0. The van der Waals surface area contributed by atoms with Crippen LogP contribution in [-0.2, 0) is 0 Å². The third-order valence-electron chi connectivity index (χ3n) is 3.47. The van der Waals surface area contributed by atoms with Gasteiger partial charge in [0.2, 0.25) is 0 Å². The Kier molecular flexibility index (Phi) is 2.13. The average molecular weight is 207 g/mol. The van der Waals surface area contributed by atoms with Crippen LogP contribution in [0, 0.1) is 11.7 Å². The number of para-hydroxylation sites is 1. The average Bonchev–Trinajstić information content (AvgIpc) is 2.62. The summed E-state index contributed by atoms with van der Waals surface area (Å²) >= 11 is 0. The van der Waals surface area contributed by atoms with Crippen molar-refractivity contribution >= 4 is 0 Å². The van der Waals surface area contributed by atoms with E-state index in [1.165, 1.54) is 6.07 Å². The molecule has 0 saturated carbocycles. The second kappa shape index (κ2) is 3.49. The largest absolute Gasteiger partial charge is 0.490 e. The number of fused-ring (bicyclic) bond motifs is 3. The fourth-order valence-corrected chi connectivity index (χ4v) is 2.68. The molecule has 2 aliphatic rings. The van der Waals surface area contributed by atoms with Crippen LogP contribution in [0.25, 0.3) is 0 Å². The van der Waals surface area contributed by atoms with E-state index in [4.69, 9.17) is 4.74 Å². The molecule has 0 radical (unpaired) electrons. The van der Waals surface area contributed by atoms with E-state index in [9.17, 15) is 4.39 Å². The van der Waals surface area contributed by atoms with Crippen LogP contribution in [0.15, 0.2) is 18.2 Å². The Bertz CT molecular complexity index is 380. The highest BCUT2D eigenvalue weighted by molar-refractivity contribution is 5.39. The Hall–Kier alpha value is -1.09. The lowest BCUT2D eigenvalue weighted by atomic mass is 9.87. The van der Waals surface area contributed by atoms with Crippen molar-refractivity contribution in [1.29, 1.82) is 0 Å². The van der Waals surface area contributed by atoms with E-state index in [1.807, 2.05) is 6.07 Å². The lowest BCUT2D eigenvalue weighted by Gasteiger charge is -2.15. The van der Waals surface area contributed by atoms with Crippen molar-refractivity contribution in [1.82, 2.24) is 5.32 Å². The fourth-order valence-electron chi connectivity index (χ4n) is 2.68. The second-order valence-corrected chi connectivity index (χ2v) is 4.32. The zero-order chi connectivity index (χ0) is 10.3. The van der Waals surface area contributed by atoms with Gasteiger partial charge in [0, 0.05) is 18.0 Å². The van der Waals surface area contributed by atoms with Gasteiger partial charge < -0.3 is 10.1 Å². The Labute approximate surface area is 88.4 Å². The number of benzene rings is 1. The van der Waals surface area contributed by atoms with Gasteiger partial charge in [-0.15, -0.1) is 0 Å². The van der Waals surface area contributed by atoms with Crippen LogP contribution in [0.2, 0.25) is 0 Å². The molecule has 0 unspecified atom stereocenters.